The summed E-state index contributed by atoms with van der Waals surface area (Å²) >= 11 is 0. The molecule has 3 aromatic rings. The second-order valence-electron chi connectivity index (χ2n) is 7.46. The van der Waals surface area contributed by atoms with Crippen molar-refractivity contribution in [2.75, 3.05) is 31.0 Å². The van der Waals surface area contributed by atoms with Crippen molar-refractivity contribution in [1.82, 2.24) is 19.5 Å². The minimum atomic E-state index is -0.329. The summed E-state index contributed by atoms with van der Waals surface area (Å²) in [7, 11) is 3.11. The molecule has 0 saturated carbocycles. The molecule has 2 aromatic heterocycles. The third-order valence-corrected chi connectivity index (χ3v) is 5.46. The van der Waals surface area contributed by atoms with Crippen LogP contribution in [0.2, 0.25) is 0 Å². The number of nitrogens with zero attached hydrogens (tertiary/aromatic N) is 5. The van der Waals surface area contributed by atoms with E-state index >= 15 is 0 Å². The molecule has 162 valence electrons. The van der Waals surface area contributed by atoms with Gasteiger partial charge in [0, 0.05) is 36.6 Å². The molecule has 9 nitrogen and oxygen atoms in total. The number of carbonyl (C=O) groups excluding carboxylic acids is 1. The van der Waals surface area contributed by atoms with E-state index in [9.17, 15) is 4.79 Å². The zero-order valence-corrected chi connectivity index (χ0v) is 17.9. The molecule has 4 rings (SSSR count). The Morgan fingerprint density at radius 2 is 1.87 bits per heavy atom. The number of ether oxygens (including phenoxy) is 2. The molecule has 1 aliphatic heterocycles. The Morgan fingerprint density at radius 1 is 1.06 bits per heavy atom. The number of benzene rings is 1. The molecule has 1 fully saturated rings. The molecular formula is C22H26N6O3. The summed E-state index contributed by atoms with van der Waals surface area (Å²) in [4.78, 5) is 28.0. The normalized spacial score (nSPS) is 16.1. The van der Waals surface area contributed by atoms with Gasteiger partial charge in [-0.1, -0.05) is 0 Å². The molecule has 9 heteroatoms. The number of hydrogen-bond donors (Lipinski definition) is 1. The van der Waals surface area contributed by atoms with Crippen LogP contribution in [-0.2, 0) is 0 Å². The number of carbonyl (C=O) groups is 1. The van der Waals surface area contributed by atoms with Gasteiger partial charge in [0.05, 0.1) is 14.2 Å². The lowest BCUT2D eigenvalue weighted by molar-refractivity contribution is 0.102. The second kappa shape index (κ2) is 9.03. The van der Waals surface area contributed by atoms with Crippen LogP contribution in [-0.4, -0.2) is 52.2 Å². The van der Waals surface area contributed by atoms with E-state index in [0.717, 1.165) is 25.2 Å². The van der Waals surface area contributed by atoms with Crippen LogP contribution in [0.4, 0.5) is 11.5 Å². The number of rotatable bonds is 6. The third-order valence-electron chi connectivity index (χ3n) is 5.46. The zero-order chi connectivity index (χ0) is 21.8. The Balaban J connectivity index is 1.50. The van der Waals surface area contributed by atoms with Gasteiger partial charge in [0.25, 0.3) is 5.91 Å². The summed E-state index contributed by atoms with van der Waals surface area (Å²) in [6, 6.07) is 7.55. The van der Waals surface area contributed by atoms with Crippen molar-refractivity contribution >= 4 is 17.4 Å². The monoisotopic (exact) mass is 422 g/mol. The Hall–Kier alpha value is -3.62. The van der Waals surface area contributed by atoms with Gasteiger partial charge in [0.2, 0.25) is 0 Å². The van der Waals surface area contributed by atoms with E-state index in [0.29, 0.717) is 29.0 Å². The number of amides is 1. The van der Waals surface area contributed by atoms with Gasteiger partial charge in [-0.25, -0.2) is 15.0 Å². The first-order valence-corrected chi connectivity index (χ1v) is 10.3. The molecule has 0 unspecified atom stereocenters. The molecule has 1 N–H and O–H groups in total. The van der Waals surface area contributed by atoms with Crippen LogP contribution >= 0.6 is 0 Å². The Kier molecular flexibility index (Phi) is 6.01. The predicted octanol–water partition coefficient (Wildman–Crippen LogP) is 3.31. The highest BCUT2D eigenvalue weighted by Gasteiger charge is 2.20. The van der Waals surface area contributed by atoms with E-state index in [1.54, 1.807) is 55.8 Å². The molecule has 1 amide bonds. The lowest BCUT2D eigenvalue weighted by Gasteiger charge is -2.34. The maximum Gasteiger partial charge on any atom is 0.275 e. The quantitative estimate of drug-likeness (QED) is 0.651. The van der Waals surface area contributed by atoms with Crippen LogP contribution in [0.1, 0.15) is 36.7 Å². The van der Waals surface area contributed by atoms with Crippen LogP contribution in [0.5, 0.6) is 11.5 Å². The largest absolute Gasteiger partial charge is 0.493 e. The Bertz CT molecular complexity index is 1070. The molecule has 1 aliphatic rings. The lowest BCUT2D eigenvalue weighted by Crippen LogP contribution is -2.38. The molecule has 0 aliphatic carbocycles. The topological polar surface area (TPSA) is 94.4 Å². The summed E-state index contributed by atoms with van der Waals surface area (Å²) in [5.41, 5.74) is 0.863. The standard InChI is InChI=1S/C22H26N6O3/c1-15-6-4-5-9-28(15)21-11-20(23-13-24-21)27-12-17(25-14-27)22(29)26-16-7-8-18(30-2)19(10-16)31-3/h7-8,10-15H,4-6,9H2,1-3H3,(H,26,29)/t15-/m1/s1. The van der Waals surface area contributed by atoms with E-state index < -0.39 is 0 Å². The highest BCUT2D eigenvalue weighted by Crippen LogP contribution is 2.30. The van der Waals surface area contributed by atoms with Crippen molar-refractivity contribution in [2.24, 2.45) is 0 Å². The van der Waals surface area contributed by atoms with E-state index in [1.165, 1.54) is 6.42 Å². The van der Waals surface area contributed by atoms with Crippen molar-refractivity contribution < 1.29 is 14.3 Å². The molecular weight excluding hydrogens is 396 g/mol. The number of imidazole rings is 1. The SMILES string of the molecule is COc1ccc(NC(=O)c2cn(-c3cc(N4CCCC[C@H]4C)ncn3)cn2)cc1OC. The number of methoxy groups -OCH3 is 2. The summed E-state index contributed by atoms with van der Waals surface area (Å²) in [5, 5.41) is 2.83. The number of piperidine rings is 1. The van der Waals surface area contributed by atoms with Gasteiger partial charge in [0.1, 0.15) is 30.0 Å². The molecule has 0 radical (unpaired) electrons. The van der Waals surface area contributed by atoms with Crippen LogP contribution in [0, 0.1) is 0 Å². The van der Waals surface area contributed by atoms with Gasteiger partial charge in [0.15, 0.2) is 11.5 Å². The van der Waals surface area contributed by atoms with E-state index in [1.807, 2.05) is 6.07 Å². The summed E-state index contributed by atoms with van der Waals surface area (Å²) in [6.07, 6.45) is 8.35. The molecule has 0 bridgehead atoms. The lowest BCUT2D eigenvalue weighted by atomic mass is 10.0. The average Bonchev–Trinajstić information content (AvgIpc) is 3.30. The second-order valence-corrected chi connectivity index (χ2v) is 7.46. The number of anilines is 2. The first-order valence-electron chi connectivity index (χ1n) is 10.3. The van der Waals surface area contributed by atoms with Gasteiger partial charge >= 0.3 is 0 Å². The van der Waals surface area contributed by atoms with E-state index in [4.69, 9.17) is 9.47 Å². The fraction of sp³-hybridized carbons (Fsp3) is 0.364. The molecule has 1 aromatic carbocycles. The van der Waals surface area contributed by atoms with E-state index in [-0.39, 0.29) is 11.6 Å². The summed E-state index contributed by atoms with van der Waals surface area (Å²) in [5.74, 6) is 2.35. The summed E-state index contributed by atoms with van der Waals surface area (Å²) < 4.78 is 12.2. The molecule has 1 saturated heterocycles. The van der Waals surface area contributed by atoms with Crippen molar-refractivity contribution in [2.45, 2.75) is 32.2 Å². The molecule has 3 heterocycles. The zero-order valence-electron chi connectivity index (χ0n) is 17.9. The average molecular weight is 422 g/mol. The fourth-order valence-corrected chi connectivity index (χ4v) is 3.75. The van der Waals surface area contributed by atoms with Crippen molar-refractivity contribution in [1.29, 1.82) is 0 Å². The summed E-state index contributed by atoms with van der Waals surface area (Å²) in [6.45, 7) is 3.20. The minimum Gasteiger partial charge on any atom is -0.493 e. The third kappa shape index (κ3) is 4.45. The van der Waals surface area contributed by atoms with Gasteiger partial charge in [-0.05, 0) is 38.3 Å². The molecule has 0 spiro atoms. The van der Waals surface area contributed by atoms with Crippen molar-refractivity contribution in [3.8, 4) is 17.3 Å². The van der Waals surface area contributed by atoms with Gasteiger partial charge in [-0.15, -0.1) is 0 Å². The van der Waals surface area contributed by atoms with Crippen LogP contribution in [0.15, 0.2) is 43.1 Å². The smallest absolute Gasteiger partial charge is 0.275 e. The van der Waals surface area contributed by atoms with Crippen molar-refractivity contribution in [3.05, 3.63) is 48.8 Å². The van der Waals surface area contributed by atoms with Crippen molar-refractivity contribution in [3.63, 3.8) is 0 Å². The van der Waals surface area contributed by atoms with Gasteiger partial charge in [-0.2, -0.15) is 0 Å². The molecule has 1 atom stereocenters. The minimum absolute atomic E-state index is 0.279. The first-order chi connectivity index (χ1) is 15.1. The predicted molar refractivity (Wildman–Crippen MR) is 117 cm³/mol. The maximum atomic E-state index is 12.7. The maximum absolute atomic E-state index is 12.7. The van der Waals surface area contributed by atoms with E-state index in [2.05, 4.69) is 32.1 Å². The van der Waals surface area contributed by atoms with Gasteiger partial charge < -0.3 is 19.7 Å². The Labute approximate surface area is 181 Å². The van der Waals surface area contributed by atoms with Crippen LogP contribution in [0.3, 0.4) is 0 Å². The number of aromatic nitrogens is 4. The highest BCUT2D eigenvalue weighted by molar-refractivity contribution is 6.02. The first kappa shape index (κ1) is 20.6. The molecule has 31 heavy (non-hydrogen) atoms. The van der Waals surface area contributed by atoms with Crippen LogP contribution in [0.25, 0.3) is 5.82 Å². The van der Waals surface area contributed by atoms with Gasteiger partial charge in [-0.3, -0.25) is 9.36 Å². The highest BCUT2D eigenvalue weighted by atomic mass is 16.5. The fourth-order valence-electron chi connectivity index (χ4n) is 3.75. The number of hydrogen-bond acceptors (Lipinski definition) is 7. The van der Waals surface area contributed by atoms with Crippen LogP contribution < -0.4 is 19.7 Å². The number of nitrogens with one attached hydrogen (secondary N) is 1. The Morgan fingerprint density at radius 3 is 2.65 bits per heavy atom.